The van der Waals surface area contributed by atoms with E-state index in [1.807, 2.05) is 0 Å². The molecule has 1 rings (SSSR count). The highest BCUT2D eigenvalue weighted by atomic mass is 16.5. The highest BCUT2D eigenvalue weighted by Crippen LogP contribution is 2.05. The fraction of sp³-hybridized carbons (Fsp3) is 0.143. The van der Waals surface area contributed by atoms with E-state index in [0.717, 1.165) is 0 Å². The van der Waals surface area contributed by atoms with Gasteiger partial charge >= 0.3 is 7.12 Å². The summed E-state index contributed by atoms with van der Waals surface area (Å²) in [5, 5.41) is 17.5. The molecule has 0 saturated carbocycles. The summed E-state index contributed by atoms with van der Waals surface area (Å²) < 4.78 is 4.88. The lowest BCUT2D eigenvalue weighted by atomic mass is 8.76. The van der Waals surface area contributed by atoms with Crippen LogP contribution < -0.4 is 10.2 Å². The molecule has 79 valence electrons. The van der Waals surface area contributed by atoms with Gasteiger partial charge in [-0.3, -0.25) is 0 Å². The molecular formula is C7H9B8O3. The lowest BCUT2D eigenvalue weighted by Crippen LogP contribution is -2.43. The van der Waals surface area contributed by atoms with Gasteiger partial charge in [-0.15, -0.1) is 0 Å². The summed E-state index contributed by atoms with van der Waals surface area (Å²) in [4.78, 5) is 0. The van der Waals surface area contributed by atoms with Crippen molar-refractivity contribution in [2.75, 3.05) is 7.11 Å². The normalized spacial score (nSPS) is 8.61. The van der Waals surface area contributed by atoms with E-state index >= 15 is 0 Å². The summed E-state index contributed by atoms with van der Waals surface area (Å²) >= 11 is 0. The van der Waals surface area contributed by atoms with Gasteiger partial charge in [0.25, 0.3) is 0 Å². The van der Waals surface area contributed by atoms with Crippen molar-refractivity contribution < 1.29 is 14.8 Å². The molecule has 0 fully saturated rings. The molecule has 3 nitrogen and oxygen atoms in total. The van der Waals surface area contributed by atoms with Crippen molar-refractivity contribution >= 4 is 63.4 Å². The Balaban J connectivity index is 0.000000360. The monoisotopic (exact) mass is 229 g/mol. The average molecular weight is 228 g/mol. The summed E-state index contributed by atoms with van der Waals surface area (Å²) in [6.45, 7) is 0. The van der Waals surface area contributed by atoms with Gasteiger partial charge in [-0.25, -0.2) is 0 Å². The predicted octanol–water partition coefficient (Wildman–Crippen LogP) is -3.29. The number of rotatable bonds is 4. The minimum Gasteiger partial charge on any atom is -0.497 e. The van der Waals surface area contributed by atoms with Crippen LogP contribution in [0, 0.1) is 0 Å². The minimum atomic E-state index is -1.43. The Bertz CT molecular complexity index is 336. The van der Waals surface area contributed by atoms with Crippen LogP contribution in [0.2, 0.25) is 0 Å². The maximum Gasteiger partial charge on any atom is 0.488 e. The van der Waals surface area contributed by atoms with E-state index in [9.17, 15) is 0 Å². The summed E-state index contributed by atoms with van der Waals surface area (Å²) in [5.41, 5.74) is 0.435. The quantitative estimate of drug-likeness (QED) is 0.531. The second-order valence-corrected chi connectivity index (χ2v) is 3.50. The molecule has 0 aliphatic carbocycles. The average Bonchev–Trinajstić information content (AvgIpc) is 2.38. The van der Waals surface area contributed by atoms with E-state index in [1.54, 1.807) is 24.3 Å². The highest BCUT2D eigenvalue weighted by molar-refractivity contribution is 7.81. The minimum absolute atomic E-state index is 0.389. The Morgan fingerprint density at radius 2 is 1.83 bits per heavy atom. The topological polar surface area (TPSA) is 49.7 Å². The van der Waals surface area contributed by atoms with Gasteiger partial charge in [-0.1, -0.05) is 12.1 Å². The van der Waals surface area contributed by atoms with Crippen LogP contribution in [-0.2, 0) is 0 Å². The molecule has 18 heavy (non-hydrogen) atoms. The molecule has 2 N–H and O–H groups in total. The van der Waals surface area contributed by atoms with Crippen molar-refractivity contribution in [3.63, 3.8) is 0 Å². The zero-order chi connectivity index (χ0) is 14.1. The van der Waals surface area contributed by atoms with Crippen LogP contribution >= 0.6 is 0 Å². The number of methoxy groups -OCH3 is 1. The van der Waals surface area contributed by atoms with Gasteiger partial charge in [0, 0.05) is 50.8 Å². The fourth-order valence-corrected chi connectivity index (χ4v) is 0.930. The second kappa shape index (κ2) is 9.40. The molecule has 0 aliphatic heterocycles. The third-order valence-corrected chi connectivity index (χ3v) is 2.06. The lowest BCUT2D eigenvalue weighted by molar-refractivity contribution is 0.412. The Labute approximate surface area is 116 Å². The second-order valence-electron chi connectivity index (χ2n) is 3.50. The molecule has 0 amide bonds. The first kappa shape index (κ1) is 17.5. The summed E-state index contributed by atoms with van der Waals surface area (Å²) in [6, 6.07) is 6.64. The third kappa shape index (κ3) is 7.02. The van der Waals surface area contributed by atoms with Gasteiger partial charge in [-0.2, -0.15) is 0 Å². The molecule has 0 aromatic heterocycles. The van der Waals surface area contributed by atoms with Gasteiger partial charge in [0.05, 0.1) is 7.11 Å². The Morgan fingerprint density at radius 1 is 1.22 bits per heavy atom. The van der Waals surface area contributed by atoms with Gasteiger partial charge < -0.3 is 14.8 Å². The van der Waals surface area contributed by atoms with Gasteiger partial charge in [-0.05, 0) is 17.6 Å². The summed E-state index contributed by atoms with van der Waals surface area (Å²) in [6.07, 6.45) is -0.926. The SMILES string of the molecule is COc1cccc(B(O)O)c1.[B][B]B([B])B([B])[B]. The van der Waals surface area contributed by atoms with Gasteiger partial charge in [0.1, 0.15) is 5.75 Å². The van der Waals surface area contributed by atoms with E-state index in [2.05, 4.69) is 0 Å². The lowest BCUT2D eigenvalue weighted by Gasteiger charge is -2.05. The smallest absolute Gasteiger partial charge is 0.488 e. The first-order chi connectivity index (χ1) is 8.42. The van der Waals surface area contributed by atoms with E-state index < -0.39 is 13.5 Å². The zero-order valence-corrected chi connectivity index (χ0v) is 10.2. The molecule has 1 aromatic rings. The first-order valence-corrected chi connectivity index (χ1v) is 5.24. The Kier molecular flexibility index (Phi) is 9.12. The van der Waals surface area contributed by atoms with Crippen LogP contribution in [0.25, 0.3) is 0 Å². The van der Waals surface area contributed by atoms with E-state index in [-0.39, 0.29) is 6.39 Å². The molecule has 11 heteroatoms. The van der Waals surface area contributed by atoms with Gasteiger partial charge in [0.2, 0.25) is 0 Å². The fourth-order valence-electron chi connectivity index (χ4n) is 0.930. The van der Waals surface area contributed by atoms with Crippen molar-refractivity contribution in [2.24, 2.45) is 0 Å². The summed E-state index contributed by atoms with van der Waals surface area (Å²) in [5.74, 6) is 0.621. The summed E-state index contributed by atoms with van der Waals surface area (Å²) in [7, 11) is 21.7. The number of ether oxygens (including phenoxy) is 1. The van der Waals surface area contributed by atoms with Crippen LogP contribution in [-0.4, -0.2) is 75.1 Å². The molecule has 0 saturated heterocycles. The Morgan fingerprint density at radius 3 is 2.17 bits per heavy atom. The van der Waals surface area contributed by atoms with Crippen molar-refractivity contribution in [2.45, 2.75) is 0 Å². The standard InChI is InChI=1S/C7H9BO3.B7/c1-11-7-4-2-3-6(5-7)8(9)10;1-5-7(4)6(2)3/h2-5,9-10H,1H3;. The molecule has 9 radical (unpaired) electrons. The van der Waals surface area contributed by atoms with Crippen LogP contribution in [0.15, 0.2) is 24.3 Å². The number of hydrogen-bond acceptors (Lipinski definition) is 3. The Hall–Kier alpha value is -0.541. The predicted molar refractivity (Wildman–Crippen MR) is 83.1 cm³/mol. The van der Waals surface area contributed by atoms with Crippen molar-refractivity contribution in [3.8, 4) is 5.75 Å². The highest BCUT2D eigenvalue weighted by Gasteiger charge is 2.10. The molecule has 0 atom stereocenters. The van der Waals surface area contributed by atoms with Crippen LogP contribution in [0.4, 0.5) is 0 Å². The zero-order valence-electron chi connectivity index (χ0n) is 10.2. The molecule has 1 aromatic carbocycles. The largest absolute Gasteiger partial charge is 0.497 e. The molecular weight excluding hydrogens is 219 g/mol. The maximum absolute atomic E-state index is 8.74. The van der Waals surface area contributed by atoms with Gasteiger partial charge in [0.15, 0.2) is 0 Å². The number of hydrogen-bond donors (Lipinski definition) is 2. The number of benzene rings is 1. The first-order valence-electron chi connectivity index (χ1n) is 5.24. The van der Waals surface area contributed by atoms with Crippen molar-refractivity contribution in [1.29, 1.82) is 0 Å². The van der Waals surface area contributed by atoms with Crippen LogP contribution in [0.1, 0.15) is 0 Å². The maximum atomic E-state index is 8.74. The molecule has 0 aliphatic rings. The van der Waals surface area contributed by atoms with Crippen LogP contribution in [0.5, 0.6) is 5.75 Å². The molecule has 0 bridgehead atoms. The van der Waals surface area contributed by atoms with E-state index in [1.165, 1.54) is 14.2 Å². The van der Waals surface area contributed by atoms with Crippen LogP contribution in [0.3, 0.4) is 0 Å². The van der Waals surface area contributed by atoms with E-state index in [0.29, 0.717) is 11.2 Å². The van der Waals surface area contributed by atoms with Crippen molar-refractivity contribution in [3.05, 3.63) is 24.3 Å². The third-order valence-electron chi connectivity index (χ3n) is 2.06. The van der Waals surface area contributed by atoms with Crippen molar-refractivity contribution in [1.82, 2.24) is 0 Å². The molecule has 0 spiro atoms. The molecule has 0 unspecified atom stereocenters. The molecule has 0 heterocycles. The van der Waals surface area contributed by atoms with E-state index in [4.69, 9.17) is 45.7 Å².